The van der Waals surface area contributed by atoms with E-state index in [9.17, 15) is 9.59 Å². The minimum atomic E-state index is -0.0467. The van der Waals surface area contributed by atoms with Crippen LogP contribution >= 0.6 is 11.8 Å². The number of thiocyanates is 1. The fraction of sp³-hybridized carbons (Fsp3) is 0.444. The number of imidazole rings is 1. The molecule has 74 heavy (non-hydrogen) atoms. The van der Waals surface area contributed by atoms with E-state index in [-0.39, 0.29) is 36.2 Å². The summed E-state index contributed by atoms with van der Waals surface area (Å²) < 4.78 is 28.2. The van der Waals surface area contributed by atoms with Crippen LogP contribution in [-0.4, -0.2) is 87.0 Å². The van der Waals surface area contributed by atoms with E-state index in [2.05, 4.69) is 88.0 Å². The Labute approximate surface area is 437 Å². The summed E-state index contributed by atoms with van der Waals surface area (Å²) in [5.41, 5.74) is 12.4. The van der Waals surface area contributed by atoms with Crippen LogP contribution in [0.4, 0.5) is 17.5 Å². The molecule has 392 valence electrons. The topological polar surface area (TPSA) is 238 Å². The Morgan fingerprint density at radius 3 is 1.80 bits per heavy atom. The summed E-state index contributed by atoms with van der Waals surface area (Å²) in [5, 5.41) is 24.3. The average molecular weight is 1030 g/mol. The van der Waals surface area contributed by atoms with E-state index >= 15 is 0 Å². The number of pyridine rings is 4. The third-order valence-electron chi connectivity index (χ3n) is 11.6. The van der Waals surface area contributed by atoms with Crippen LogP contribution in [0.25, 0.3) is 11.2 Å². The van der Waals surface area contributed by atoms with Crippen molar-refractivity contribution < 1.29 is 28.5 Å². The number of nitrogens with zero attached hydrogens (tertiary/aromatic N) is 11. The average Bonchev–Trinajstić information content (AvgIpc) is 3.99. The van der Waals surface area contributed by atoms with Crippen LogP contribution < -0.4 is 20.5 Å². The molecule has 19 nitrogen and oxygen atoms in total. The molecule has 0 atom stereocenters. The number of thioether (sulfide) groups is 1. The lowest BCUT2D eigenvalue weighted by atomic mass is 9.92. The first kappa shape index (κ1) is 56.1. The number of ketones is 2. The molecule has 0 aliphatic carbocycles. The molecule has 20 heteroatoms. The van der Waals surface area contributed by atoms with Gasteiger partial charge in [0.25, 0.3) is 0 Å². The molecule has 0 radical (unpaired) electrons. The summed E-state index contributed by atoms with van der Waals surface area (Å²) in [6.07, 6.45) is 4.55. The second-order valence-corrected chi connectivity index (χ2v) is 21.0. The number of nitrogen functional groups attached to an aromatic ring is 1. The molecule has 9 heterocycles. The van der Waals surface area contributed by atoms with Gasteiger partial charge in [0.05, 0.1) is 49.2 Å². The zero-order valence-electron chi connectivity index (χ0n) is 43.3. The Morgan fingerprint density at radius 1 is 0.770 bits per heavy atom. The molecule has 0 unspecified atom stereocenters. The lowest BCUT2D eigenvalue weighted by Crippen LogP contribution is -2.33. The summed E-state index contributed by atoms with van der Waals surface area (Å²) in [7, 11) is 1.90. The van der Waals surface area contributed by atoms with Gasteiger partial charge in [0.15, 0.2) is 11.5 Å². The van der Waals surface area contributed by atoms with Crippen molar-refractivity contribution in [2.45, 2.75) is 118 Å². The summed E-state index contributed by atoms with van der Waals surface area (Å²) in [6.45, 7) is 23.1. The van der Waals surface area contributed by atoms with Gasteiger partial charge in [0, 0.05) is 122 Å². The SMILES string of the molecule is C.CC(=O)Cc1cc(Oc2ccc3nc(Nc4cc(C(C)(C)C)n(CC5COC5)n4)n(C)c3n2)ccn1.CC(C)(C)c1cc(SC#N)nn1CC1COC1.CCc1nc(Oc2ccnc(CC(C)=O)c2)ccc1N. The molecule has 7 aromatic heterocycles. The number of hydrogen-bond acceptors (Lipinski definition) is 17. The van der Waals surface area contributed by atoms with E-state index in [0.29, 0.717) is 70.2 Å². The lowest BCUT2D eigenvalue weighted by molar-refractivity contribution is -0.117. The Hall–Kier alpha value is -7.21. The Kier molecular flexibility index (Phi) is 18.7. The molecule has 9 rings (SSSR count). The standard InChI is InChI=1S/C26H31N7O3.C15H17N3O2.C12H17N3OS.CH4/c1-16(34)10-18-11-19(8-9-27-18)36-23-7-6-20-24(30-23)32(5)25(28-20)29-22-12-21(26(2,3)4)33(31-22)13-17-14-35-15-17;1-3-14-13(16)4-5-15(18-14)20-12-6-7-17-11(9-12)8-10(2)19;1-12(2,3)10-4-11(17-8-13)14-15(10)5-9-6-16-7-9;/h6-9,11-12,17H,10,13-15H2,1-5H3,(H,28,29,31);4-7,9H,3,8,16H2,1-2H3;4,9H,5-7H2,1-3H3;1H4. The number of carbonyl (C=O) groups excluding carboxylic acids is 2. The van der Waals surface area contributed by atoms with Crippen molar-refractivity contribution in [2.24, 2.45) is 18.9 Å². The van der Waals surface area contributed by atoms with E-state index in [1.807, 2.05) is 35.4 Å². The van der Waals surface area contributed by atoms with Gasteiger partial charge in [-0.2, -0.15) is 20.4 Å². The van der Waals surface area contributed by atoms with E-state index in [4.69, 9.17) is 40.0 Å². The third kappa shape index (κ3) is 15.2. The predicted molar refractivity (Wildman–Crippen MR) is 286 cm³/mol. The van der Waals surface area contributed by atoms with Crippen molar-refractivity contribution in [1.82, 2.24) is 49.0 Å². The highest BCUT2D eigenvalue weighted by atomic mass is 32.2. The molecular formula is C54H69N13O6S. The summed E-state index contributed by atoms with van der Waals surface area (Å²) in [5.74, 6) is 4.65. The maximum Gasteiger partial charge on any atom is 0.221 e. The number of rotatable bonds is 16. The Bertz CT molecular complexity index is 3080. The fourth-order valence-electron chi connectivity index (χ4n) is 7.87. The summed E-state index contributed by atoms with van der Waals surface area (Å²) in [4.78, 5) is 44.6. The number of nitriles is 1. The van der Waals surface area contributed by atoms with Crippen LogP contribution in [-0.2, 0) is 69.3 Å². The highest BCUT2D eigenvalue weighted by Crippen LogP contribution is 2.31. The van der Waals surface area contributed by atoms with Crippen molar-refractivity contribution in [3.8, 4) is 28.7 Å². The molecule has 0 saturated carbocycles. The van der Waals surface area contributed by atoms with Crippen molar-refractivity contribution in [2.75, 3.05) is 37.5 Å². The summed E-state index contributed by atoms with van der Waals surface area (Å²) in [6, 6.07) is 18.2. The van der Waals surface area contributed by atoms with Gasteiger partial charge in [-0.1, -0.05) is 55.9 Å². The van der Waals surface area contributed by atoms with Gasteiger partial charge in [-0.15, -0.1) is 0 Å². The Balaban J connectivity index is 0.000000198. The largest absolute Gasteiger partial charge is 0.439 e. The van der Waals surface area contributed by atoms with Crippen LogP contribution in [0.2, 0.25) is 0 Å². The van der Waals surface area contributed by atoms with Gasteiger partial charge in [-0.3, -0.25) is 33.5 Å². The molecule has 2 aliphatic rings. The van der Waals surface area contributed by atoms with Crippen LogP contribution in [0.1, 0.15) is 98.2 Å². The van der Waals surface area contributed by atoms with Gasteiger partial charge in [0.2, 0.25) is 17.7 Å². The zero-order chi connectivity index (χ0) is 52.5. The van der Waals surface area contributed by atoms with Crippen LogP contribution in [0, 0.1) is 22.5 Å². The number of aromatic nitrogens is 10. The number of aryl methyl sites for hydroxylation is 2. The molecular weight excluding hydrogens is 959 g/mol. The first-order chi connectivity index (χ1) is 34.7. The van der Waals surface area contributed by atoms with Crippen LogP contribution in [0.15, 0.2) is 78.1 Å². The van der Waals surface area contributed by atoms with Gasteiger partial charge in [-0.25, -0.2) is 9.97 Å². The molecule has 7 aromatic rings. The molecule has 0 aromatic carbocycles. The number of carbonyl (C=O) groups is 2. The molecule has 0 amide bonds. The smallest absolute Gasteiger partial charge is 0.221 e. The number of anilines is 3. The van der Waals surface area contributed by atoms with E-state index < -0.39 is 0 Å². The van der Waals surface area contributed by atoms with E-state index in [0.717, 1.165) is 85.4 Å². The second-order valence-electron chi connectivity index (χ2n) is 20.2. The van der Waals surface area contributed by atoms with E-state index in [1.165, 1.54) is 19.5 Å². The number of nitrogens with one attached hydrogen (secondary N) is 1. The minimum Gasteiger partial charge on any atom is -0.439 e. The predicted octanol–water partition coefficient (Wildman–Crippen LogP) is 9.75. The molecule has 0 spiro atoms. The molecule has 3 N–H and O–H groups in total. The molecule has 2 fully saturated rings. The van der Waals surface area contributed by atoms with Crippen molar-refractivity contribution in [1.29, 1.82) is 5.26 Å². The number of ether oxygens (including phenoxy) is 4. The normalized spacial score (nSPS) is 13.5. The third-order valence-corrected chi connectivity index (χ3v) is 12.1. The lowest BCUT2D eigenvalue weighted by Gasteiger charge is -2.28. The molecule has 2 saturated heterocycles. The number of hydrogen-bond donors (Lipinski definition) is 2. The van der Waals surface area contributed by atoms with Crippen molar-refractivity contribution in [3.05, 3.63) is 102 Å². The maximum absolute atomic E-state index is 11.4. The quantitative estimate of drug-likeness (QED) is 0.0676. The van der Waals surface area contributed by atoms with Crippen LogP contribution in [0.3, 0.4) is 0 Å². The molecule has 2 aliphatic heterocycles. The second kappa shape index (κ2) is 24.7. The van der Waals surface area contributed by atoms with Gasteiger partial charge < -0.3 is 30.0 Å². The first-order valence-corrected chi connectivity index (χ1v) is 25.0. The van der Waals surface area contributed by atoms with Gasteiger partial charge in [0.1, 0.15) is 39.0 Å². The van der Waals surface area contributed by atoms with E-state index in [1.54, 1.807) is 54.9 Å². The van der Waals surface area contributed by atoms with Crippen LogP contribution in [0.5, 0.6) is 23.3 Å². The maximum atomic E-state index is 11.4. The monoisotopic (exact) mass is 1030 g/mol. The zero-order valence-corrected chi connectivity index (χ0v) is 44.1. The highest BCUT2D eigenvalue weighted by molar-refractivity contribution is 8.03. The number of Topliss-reactive ketones (excluding diaryl/α,β-unsaturated/α-hetero) is 2. The van der Waals surface area contributed by atoms with Crippen molar-refractivity contribution in [3.63, 3.8) is 0 Å². The fourth-order valence-corrected chi connectivity index (χ4v) is 8.27. The first-order valence-electron chi connectivity index (χ1n) is 24.2. The highest BCUT2D eigenvalue weighted by Gasteiger charge is 2.28. The van der Waals surface area contributed by atoms with Gasteiger partial charge >= 0.3 is 0 Å². The minimum absolute atomic E-state index is 0. The van der Waals surface area contributed by atoms with Crippen molar-refractivity contribution >= 4 is 51.9 Å². The molecule has 0 bridgehead atoms. The van der Waals surface area contributed by atoms with Gasteiger partial charge in [-0.05, 0) is 50.6 Å². The Morgan fingerprint density at radius 2 is 1.30 bits per heavy atom. The summed E-state index contributed by atoms with van der Waals surface area (Å²) >= 11 is 1.12. The number of nitrogens with two attached hydrogens (primary N) is 1. The number of fused-ring (bicyclic) bond motifs is 1.